The van der Waals surface area contributed by atoms with Crippen molar-refractivity contribution in [2.75, 3.05) is 6.54 Å². The predicted octanol–water partition coefficient (Wildman–Crippen LogP) is 3.57. The van der Waals surface area contributed by atoms with Crippen molar-refractivity contribution in [1.29, 1.82) is 0 Å². The minimum atomic E-state index is -0.778. The molecule has 4 heteroatoms. The Balaban J connectivity index is 2.03. The Morgan fingerprint density at radius 2 is 1.91 bits per heavy atom. The summed E-state index contributed by atoms with van der Waals surface area (Å²) in [6, 6.07) is 8.29. The van der Waals surface area contributed by atoms with Gasteiger partial charge in [-0.1, -0.05) is 49.1 Å². The van der Waals surface area contributed by atoms with Crippen molar-refractivity contribution in [3.8, 4) is 0 Å². The van der Waals surface area contributed by atoms with Gasteiger partial charge in [0.05, 0.1) is 5.41 Å². The number of unbranched alkanes of at least 4 members (excludes halogenated alkanes) is 1. The lowest BCUT2D eigenvalue weighted by Crippen LogP contribution is -2.46. The molecule has 0 bridgehead atoms. The maximum absolute atomic E-state index is 12.9. The van der Waals surface area contributed by atoms with Crippen LogP contribution in [0.5, 0.6) is 0 Å². The lowest BCUT2D eigenvalue weighted by Gasteiger charge is -2.36. The van der Waals surface area contributed by atoms with Crippen LogP contribution in [-0.2, 0) is 15.0 Å². The maximum atomic E-state index is 12.9. The Morgan fingerprint density at radius 1 is 1.17 bits per heavy atom. The van der Waals surface area contributed by atoms with E-state index in [0.717, 1.165) is 31.2 Å². The van der Waals surface area contributed by atoms with Gasteiger partial charge in [0.25, 0.3) is 0 Å². The second-order valence-electron chi connectivity index (χ2n) is 6.62. The van der Waals surface area contributed by atoms with E-state index < -0.39 is 11.4 Å². The van der Waals surface area contributed by atoms with Gasteiger partial charge in [-0.25, -0.2) is 0 Å². The highest BCUT2D eigenvalue weighted by Gasteiger charge is 2.40. The number of nitrogens with one attached hydrogen (secondary N) is 1. The van der Waals surface area contributed by atoms with E-state index in [0.29, 0.717) is 19.4 Å². The van der Waals surface area contributed by atoms with Gasteiger partial charge in [-0.05, 0) is 38.2 Å². The standard InChI is InChI=1S/C19H27NO3/c1-15-8-7-9-16(14-15)19(11-4-2-5-12-19)18(23)20-13-6-3-10-17(21)22/h7-9,14H,2-6,10-13H2,1H3,(H,20,23)(H,21,22). The zero-order valence-corrected chi connectivity index (χ0v) is 13.9. The number of carbonyl (C=O) groups is 2. The second-order valence-corrected chi connectivity index (χ2v) is 6.62. The molecule has 1 aromatic carbocycles. The van der Waals surface area contributed by atoms with Crippen LogP contribution in [0.3, 0.4) is 0 Å². The lowest BCUT2D eigenvalue weighted by molar-refractivity contribution is -0.137. The van der Waals surface area contributed by atoms with Gasteiger partial charge in [0, 0.05) is 13.0 Å². The van der Waals surface area contributed by atoms with Crippen LogP contribution in [0.4, 0.5) is 0 Å². The van der Waals surface area contributed by atoms with Gasteiger partial charge < -0.3 is 10.4 Å². The van der Waals surface area contributed by atoms with E-state index in [-0.39, 0.29) is 12.3 Å². The number of aliphatic carboxylic acids is 1. The number of benzene rings is 1. The van der Waals surface area contributed by atoms with E-state index in [9.17, 15) is 9.59 Å². The van der Waals surface area contributed by atoms with Crippen molar-refractivity contribution in [3.05, 3.63) is 35.4 Å². The molecule has 4 nitrogen and oxygen atoms in total. The first-order valence-corrected chi connectivity index (χ1v) is 8.62. The number of amides is 1. The molecule has 1 amide bonds. The first kappa shape index (κ1) is 17.5. The van der Waals surface area contributed by atoms with Crippen molar-refractivity contribution in [2.24, 2.45) is 0 Å². The number of carboxylic acid groups (broad SMARTS) is 1. The number of carbonyl (C=O) groups excluding carboxylic acids is 1. The first-order valence-electron chi connectivity index (χ1n) is 8.62. The molecule has 0 saturated heterocycles. The SMILES string of the molecule is Cc1cccc(C2(C(=O)NCCCCC(=O)O)CCCCC2)c1. The van der Waals surface area contributed by atoms with E-state index in [1.807, 2.05) is 6.07 Å². The van der Waals surface area contributed by atoms with Gasteiger partial charge in [-0.3, -0.25) is 9.59 Å². The molecule has 0 aromatic heterocycles. The minimum Gasteiger partial charge on any atom is -0.481 e. The highest BCUT2D eigenvalue weighted by molar-refractivity contribution is 5.88. The molecule has 2 rings (SSSR count). The molecule has 2 N–H and O–H groups in total. The number of carboxylic acids is 1. The monoisotopic (exact) mass is 317 g/mol. The molecule has 1 aromatic rings. The van der Waals surface area contributed by atoms with Crippen molar-refractivity contribution in [3.63, 3.8) is 0 Å². The molecule has 0 aliphatic heterocycles. The van der Waals surface area contributed by atoms with Gasteiger partial charge in [0.1, 0.15) is 0 Å². The van der Waals surface area contributed by atoms with Crippen molar-refractivity contribution in [2.45, 2.75) is 63.7 Å². The third-order valence-electron chi connectivity index (χ3n) is 4.82. The van der Waals surface area contributed by atoms with Crippen molar-refractivity contribution < 1.29 is 14.7 Å². The van der Waals surface area contributed by atoms with Gasteiger partial charge in [-0.2, -0.15) is 0 Å². The molecular formula is C19H27NO3. The van der Waals surface area contributed by atoms with Crippen LogP contribution in [0.25, 0.3) is 0 Å². The van der Waals surface area contributed by atoms with Crippen molar-refractivity contribution >= 4 is 11.9 Å². The van der Waals surface area contributed by atoms with Crippen LogP contribution < -0.4 is 5.32 Å². The molecule has 0 radical (unpaired) electrons. The van der Waals surface area contributed by atoms with E-state index in [2.05, 4.69) is 30.4 Å². The zero-order valence-electron chi connectivity index (χ0n) is 13.9. The largest absolute Gasteiger partial charge is 0.481 e. The molecular weight excluding hydrogens is 290 g/mol. The molecule has 0 spiro atoms. The smallest absolute Gasteiger partial charge is 0.303 e. The van der Waals surface area contributed by atoms with Crippen LogP contribution in [0, 0.1) is 6.92 Å². The second kappa shape index (κ2) is 8.14. The number of hydrogen-bond acceptors (Lipinski definition) is 2. The lowest BCUT2D eigenvalue weighted by atomic mass is 9.68. The van der Waals surface area contributed by atoms with Crippen molar-refractivity contribution in [1.82, 2.24) is 5.32 Å². The Bertz CT molecular complexity index is 547. The number of hydrogen-bond donors (Lipinski definition) is 2. The molecule has 0 atom stereocenters. The first-order chi connectivity index (χ1) is 11.0. The Hall–Kier alpha value is -1.84. The number of rotatable bonds is 7. The Morgan fingerprint density at radius 3 is 2.57 bits per heavy atom. The van der Waals surface area contributed by atoms with E-state index in [1.165, 1.54) is 12.0 Å². The molecule has 1 aliphatic carbocycles. The van der Waals surface area contributed by atoms with E-state index in [4.69, 9.17) is 5.11 Å². The number of aryl methyl sites for hydroxylation is 1. The molecule has 1 saturated carbocycles. The topological polar surface area (TPSA) is 66.4 Å². The van der Waals surface area contributed by atoms with E-state index >= 15 is 0 Å². The molecule has 1 fully saturated rings. The summed E-state index contributed by atoms with van der Waals surface area (Å²) >= 11 is 0. The maximum Gasteiger partial charge on any atom is 0.303 e. The zero-order chi connectivity index (χ0) is 16.7. The van der Waals surface area contributed by atoms with Crippen LogP contribution in [0.1, 0.15) is 62.5 Å². The van der Waals surface area contributed by atoms with Gasteiger partial charge in [-0.15, -0.1) is 0 Å². The third kappa shape index (κ3) is 4.57. The average Bonchev–Trinajstić information content (AvgIpc) is 2.54. The highest BCUT2D eigenvalue weighted by atomic mass is 16.4. The summed E-state index contributed by atoms with van der Waals surface area (Å²) in [7, 11) is 0. The van der Waals surface area contributed by atoms with Gasteiger partial charge >= 0.3 is 5.97 Å². The highest BCUT2D eigenvalue weighted by Crippen LogP contribution is 2.40. The summed E-state index contributed by atoms with van der Waals surface area (Å²) in [5.41, 5.74) is 1.90. The average molecular weight is 317 g/mol. The molecule has 0 unspecified atom stereocenters. The molecule has 23 heavy (non-hydrogen) atoms. The van der Waals surface area contributed by atoms with Gasteiger partial charge in [0.2, 0.25) is 5.91 Å². The van der Waals surface area contributed by atoms with E-state index in [1.54, 1.807) is 0 Å². The summed E-state index contributed by atoms with van der Waals surface area (Å²) in [4.78, 5) is 23.4. The normalized spacial score (nSPS) is 16.7. The molecule has 0 heterocycles. The summed E-state index contributed by atoms with van der Waals surface area (Å²) in [5.74, 6) is -0.669. The van der Waals surface area contributed by atoms with Crippen LogP contribution in [0.15, 0.2) is 24.3 Å². The Kier molecular flexibility index (Phi) is 6.20. The fourth-order valence-electron chi connectivity index (χ4n) is 3.52. The fourth-order valence-corrected chi connectivity index (χ4v) is 3.52. The third-order valence-corrected chi connectivity index (χ3v) is 4.82. The van der Waals surface area contributed by atoms with Crippen LogP contribution in [0.2, 0.25) is 0 Å². The van der Waals surface area contributed by atoms with Crippen LogP contribution >= 0.6 is 0 Å². The Labute approximate surface area is 138 Å². The van der Waals surface area contributed by atoms with Crippen LogP contribution in [-0.4, -0.2) is 23.5 Å². The fraction of sp³-hybridized carbons (Fsp3) is 0.579. The molecule has 1 aliphatic rings. The summed E-state index contributed by atoms with van der Waals surface area (Å²) in [5, 5.41) is 11.7. The molecule has 126 valence electrons. The summed E-state index contributed by atoms with van der Waals surface area (Å²) in [6.07, 6.45) is 6.64. The van der Waals surface area contributed by atoms with Gasteiger partial charge in [0.15, 0.2) is 0 Å². The quantitative estimate of drug-likeness (QED) is 0.756. The summed E-state index contributed by atoms with van der Waals surface area (Å²) in [6.45, 7) is 2.61. The minimum absolute atomic E-state index is 0.109. The predicted molar refractivity (Wildman–Crippen MR) is 90.4 cm³/mol. The summed E-state index contributed by atoms with van der Waals surface area (Å²) < 4.78 is 0.